The zero-order valence-electron chi connectivity index (χ0n) is 14.4. The lowest BCUT2D eigenvalue weighted by Gasteiger charge is -2.06. The molecule has 7 heteroatoms. The molecule has 0 saturated carbocycles. The lowest BCUT2D eigenvalue weighted by atomic mass is 10.1. The monoisotopic (exact) mass is 346 g/mol. The van der Waals surface area contributed by atoms with Gasteiger partial charge >= 0.3 is 0 Å². The second kappa shape index (κ2) is 8.53. The van der Waals surface area contributed by atoms with Gasteiger partial charge in [-0.3, -0.25) is 4.98 Å². The average molecular weight is 346 g/mol. The first-order valence-electron chi connectivity index (χ1n) is 8.13. The van der Waals surface area contributed by atoms with Gasteiger partial charge in [-0.2, -0.15) is 0 Å². The normalized spacial score (nSPS) is 11.2. The number of aryl methyl sites for hydroxylation is 2. The van der Waals surface area contributed by atoms with Crippen molar-refractivity contribution in [3.8, 4) is 12.3 Å². The maximum atomic E-state index is 5.52. The van der Waals surface area contributed by atoms with E-state index in [2.05, 4.69) is 31.6 Å². The van der Waals surface area contributed by atoms with Crippen LogP contribution in [0, 0.1) is 12.3 Å². The molecule has 0 fully saturated rings. The first-order valence-corrected chi connectivity index (χ1v) is 8.13. The molecule has 0 atom stereocenters. The van der Waals surface area contributed by atoms with Crippen LogP contribution in [0.5, 0.6) is 0 Å². The number of pyridine rings is 1. The maximum Gasteiger partial charge on any atom is 0.204 e. The number of hydrogen-bond donors (Lipinski definition) is 0. The minimum atomic E-state index is 0.247. The lowest BCUT2D eigenvalue weighted by Crippen LogP contribution is -2.12. The topological polar surface area (TPSA) is 78.1 Å². The maximum absolute atomic E-state index is 5.52. The highest BCUT2D eigenvalue weighted by Gasteiger charge is 2.14. The third kappa shape index (κ3) is 4.30. The fourth-order valence-corrected chi connectivity index (χ4v) is 2.32. The van der Waals surface area contributed by atoms with Gasteiger partial charge in [0.2, 0.25) is 5.82 Å². The number of oxime groups is 1. The number of tetrazole rings is 1. The Kier molecular flexibility index (Phi) is 5.68. The van der Waals surface area contributed by atoms with E-state index in [0.29, 0.717) is 18.0 Å². The predicted molar refractivity (Wildman–Crippen MR) is 97.1 cm³/mol. The Morgan fingerprint density at radius 2 is 2.08 bits per heavy atom. The molecule has 0 radical (unpaired) electrons. The van der Waals surface area contributed by atoms with Gasteiger partial charge in [-0.25, -0.2) is 4.68 Å². The molecule has 0 spiro atoms. The van der Waals surface area contributed by atoms with Gasteiger partial charge in [0, 0.05) is 25.2 Å². The summed E-state index contributed by atoms with van der Waals surface area (Å²) < 4.78 is 1.55. The molecule has 3 aromatic rings. The lowest BCUT2D eigenvalue weighted by molar-refractivity contribution is 0.128. The first-order chi connectivity index (χ1) is 12.8. The molecule has 0 aliphatic rings. The van der Waals surface area contributed by atoms with Crippen LogP contribution in [0.3, 0.4) is 0 Å². The predicted octanol–water partition coefficient (Wildman–Crippen LogP) is 2.14. The van der Waals surface area contributed by atoms with Crippen LogP contribution in [0.1, 0.15) is 29.1 Å². The molecule has 0 aliphatic heterocycles. The Labute approximate surface area is 151 Å². The summed E-state index contributed by atoms with van der Waals surface area (Å²) in [6, 6.07) is 13.5. The van der Waals surface area contributed by atoms with Gasteiger partial charge in [-0.1, -0.05) is 41.6 Å². The molecule has 0 N–H and O–H groups in total. The van der Waals surface area contributed by atoms with Crippen molar-refractivity contribution in [1.82, 2.24) is 25.2 Å². The number of benzene rings is 1. The van der Waals surface area contributed by atoms with E-state index in [0.717, 1.165) is 23.2 Å². The number of terminal acetylenes is 1. The molecule has 0 saturated heterocycles. The molecule has 3 rings (SSSR count). The molecular formula is C19H18N6O. The number of hydrogen-bond acceptors (Lipinski definition) is 6. The van der Waals surface area contributed by atoms with E-state index in [1.54, 1.807) is 11.7 Å². The van der Waals surface area contributed by atoms with Crippen LogP contribution in [0.25, 0.3) is 0 Å². The standard InChI is InChI=1S/C19H18N6O/c1-3-4-8-15-11-12-17(20-13-15)14-26-22-18(16-9-6-5-7-10-16)19-21-23-24-25(19)2/h1,5-7,9-13H,4,8,14H2,2H3/b22-18-. The fraction of sp³-hybridized carbons (Fsp3) is 0.211. The molecule has 130 valence electrons. The van der Waals surface area contributed by atoms with E-state index in [1.807, 2.05) is 48.7 Å². The second-order valence-corrected chi connectivity index (χ2v) is 5.57. The minimum absolute atomic E-state index is 0.247. The Bertz CT molecular complexity index is 909. The largest absolute Gasteiger partial charge is 0.389 e. The fourth-order valence-electron chi connectivity index (χ4n) is 2.32. The smallest absolute Gasteiger partial charge is 0.204 e. The van der Waals surface area contributed by atoms with Crippen molar-refractivity contribution in [2.75, 3.05) is 0 Å². The zero-order chi connectivity index (χ0) is 18.2. The van der Waals surface area contributed by atoms with Crippen LogP contribution >= 0.6 is 0 Å². The van der Waals surface area contributed by atoms with Gasteiger partial charge in [0.1, 0.15) is 0 Å². The van der Waals surface area contributed by atoms with Gasteiger partial charge in [0.25, 0.3) is 0 Å². The van der Waals surface area contributed by atoms with Crippen LogP contribution in [0.15, 0.2) is 53.8 Å². The van der Waals surface area contributed by atoms with Gasteiger partial charge in [-0.15, -0.1) is 17.4 Å². The van der Waals surface area contributed by atoms with Crippen molar-refractivity contribution in [2.24, 2.45) is 12.2 Å². The third-order valence-corrected chi connectivity index (χ3v) is 3.69. The zero-order valence-corrected chi connectivity index (χ0v) is 14.4. The van der Waals surface area contributed by atoms with Crippen molar-refractivity contribution in [2.45, 2.75) is 19.4 Å². The van der Waals surface area contributed by atoms with E-state index >= 15 is 0 Å². The molecule has 0 unspecified atom stereocenters. The summed E-state index contributed by atoms with van der Waals surface area (Å²) in [5.41, 5.74) is 3.30. The van der Waals surface area contributed by atoms with Gasteiger partial charge in [0.15, 0.2) is 12.3 Å². The quantitative estimate of drug-likeness (QED) is 0.372. The molecule has 0 bridgehead atoms. The summed E-state index contributed by atoms with van der Waals surface area (Å²) in [7, 11) is 1.75. The van der Waals surface area contributed by atoms with Crippen molar-refractivity contribution < 1.29 is 4.84 Å². The summed E-state index contributed by atoms with van der Waals surface area (Å²) in [6.45, 7) is 0.247. The molecule has 7 nitrogen and oxygen atoms in total. The molecular weight excluding hydrogens is 328 g/mol. The summed E-state index contributed by atoms with van der Waals surface area (Å²) in [4.78, 5) is 9.89. The van der Waals surface area contributed by atoms with Crippen LogP contribution in [-0.2, 0) is 24.9 Å². The van der Waals surface area contributed by atoms with Gasteiger partial charge in [-0.05, 0) is 28.5 Å². The van der Waals surface area contributed by atoms with Crippen molar-refractivity contribution in [3.63, 3.8) is 0 Å². The molecule has 26 heavy (non-hydrogen) atoms. The summed E-state index contributed by atoms with van der Waals surface area (Å²) in [5.74, 6) is 3.14. The highest BCUT2D eigenvalue weighted by molar-refractivity contribution is 6.10. The summed E-state index contributed by atoms with van der Waals surface area (Å²) >= 11 is 0. The SMILES string of the molecule is C#CCCc1ccc(CO/N=C(/c2ccccc2)c2nnnn2C)nc1. The molecule has 2 aromatic heterocycles. The summed E-state index contributed by atoms with van der Waals surface area (Å²) in [6.07, 6.45) is 8.61. The highest BCUT2D eigenvalue weighted by Crippen LogP contribution is 2.09. The number of nitrogens with zero attached hydrogens (tertiary/aromatic N) is 6. The Morgan fingerprint density at radius 3 is 2.73 bits per heavy atom. The average Bonchev–Trinajstić information content (AvgIpc) is 3.11. The van der Waals surface area contributed by atoms with Crippen LogP contribution in [0.4, 0.5) is 0 Å². The van der Waals surface area contributed by atoms with E-state index < -0.39 is 0 Å². The van der Waals surface area contributed by atoms with E-state index in [1.165, 1.54) is 0 Å². The van der Waals surface area contributed by atoms with Crippen LogP contribution in [-0.4, -0.2) is 30.9 Å². The van der Waals surface area contributed by atoms with Gasteiger partial charge in [0.05, 0.1) is 5.69 Å². The van der Waals surface area contributed by atoms with E-state index in [-0.39, 0.29) is 6.61 Å². The van der Waals surface area contributed by atoms with Gasteiger partial charge < -0.3 is 4.84 Å². The van der Waals surface area contributed by atoms with E-state index in [4.69, 9.17) is 11.3 Å². The van der Waals surface area contributed by atoms with E-state index in [9.17, 15) is 0 Å². The molecule has 0 amide bonds. The Hall–Kier alpha value is -3.53. The highest BCUT2D eigenvalue weighted by atomic mass is 16.6. The Balaban J connectivity index is 1.73. The summed E-state index contributed by atoms with van der Waals surface area (Å²) in [5, 5.41) is 15.8. The minimum Gasteiger partial charge on any atom is -0.389 e. The Morgan fingerprint density at radius 1 is 1.23 bits per heavy atom. The van der Waals surface area contributed by atoms with Crippen molar-refractivity contribution in [1.29, 1.82) is 0 Å². The van der Waals surface area contributed by atoms with Crippen molar-refractivity contribution >= 4 is 5.71 Å². The molecule has 2 heterocycles. The molecule has 0 aliphatic carbocycles. The van der Waals surface area contributed by atoms with Crippen LogP contribution in [0.2, 0.25) is 0 Å². The number of aromatic nitrogens is 5. The second-order valence-electron chi connectivity index (χ2n) is 5.57. The number of rotatable bonds is 7. The van der Waals surface area contributed by atoms with Crippen LogP contribution < -0.4 is 0 Å². The first kappa shape index (κ1) is 17.3. The third-order valence-electron chi connectivity index (χ3n) is 3.69. The molecule has 1 aromatic carbocycles. The van der Waals surface area contributed by atoms with Crippen molar-refractivity contribution in [3.05, 3.63) is 71.3 Å².